The number of nitrogens with zero attached hydrogens (tertiary/aromatic N) is 1. The molecular weight excluding hydrogens is 421 g/mol. The van der Waals surface area contributed by atoms with Crippen molar-refractivity contribution in [2.24, 2.45) is 4.99 Å². The summed E-state index contributed by atoms with van der Waals surface area (Å²) >= 11 is 0. The van der Waals surface area contributed by atoms with E-state index in [1.807, 2.05) is 13.3 Å². The third kappa shape index (κ3) is 6.92. The number of hydrogen-bond donors (Lipinski definition) is 1. The Morgan fingerprint density at radius 1 is 0.909 bits per heavy atom. The van der Waals surface area contributed by atoms with Gasteiger partial charge in [-0.1, -0.05) is 113 Å². The molecule has 0 amide bonds. The van der Waals surface area contributed by atoms with E-state index in [4.69, 9.17) is 0 Å². The molecule has 2 aromatic carbocycles. The lowest BCUT2D eigenvalue weighted by Gasteiger charge is -2.36. The minimum Gasteiger partial charge on any atom is -0.507 e. The number of hydrogen-bond acceptors (Lipinski definition) is 2. The SMILES string of the molecule is CCCCCC(C)(Pc1ccc(C)cc1/C=N/C)c1cc(C(C)(C)C)cc(C(C)(C)C)c1O. The number of aryl methyl sites for hydroxylation is 1. The first-order valence-corrected chi connectivity index (χ1v) is 13.4. The molecule has 2 rings (SSSR count). The van der Waals surface area contributed by atoms with Gasteiger partial charge in [-0.15, -0.1) is 0 Å². The van der Waals surface area contributed by atoms with Gasteiger partial charge in [0.2, 0.25) is 0 Å². The molecule has 3 heteroatoms. The summed E-state index contributed by atoms with van der Waals surface area (Å²) in [5.41, 5.74) is 5.78. The number of unbranched alkanes of at least 4 members (excludes halogenated alkanes) is 2. The zero-order valence-corrected chi connectivity index (χ0v) is 23.7. The Kier molecular flexibility index (Phi) is 8.97. The molecule has 2 atom stereocenters. The first kappa shape index (κ1) is 27.6. The molecule has 0 radical (unpaired) electrons. The summed E-state index contributed by atoms with van der Waals surface area (Å²) in [5.74, 6) is 0.486. The van der Waals surface area contributed by atoms with Crippen molar-refractivity contribution in [1.29, 1.82) is 0 Å². The Balaban J connectivity index is 2.76. The van der Waals surface area contributed by atoms with Gasteiger partial charge in [-0.3, -0.25) is 4.99 Å². The monoisotopic (exact) mass is 467 g/mol. The van der Waals surface area contributed by atoms with Crippen molar-refractivity contribution in [1.82, 2.24) is 0 Å². The predicted octanol–water partition coefficient (Wildman–Crippen LogP) is 8.14. The number of aromatic hydroxyl groups is 1. The van der Waals surface area contributed by atoms with E-state index in [9.17, 15) is 5.11 Å². The molecule has 0 aliphatic rings. The highest BCUT2D eigenvalue weighted by molar-refractivity contribution is 7.48. The Hall–Kier alpha value is -1.66. The summed E-state index contributed by atoms with van der Waals surface area (Å²) in [5, 5.41) is 12.9. The second-order valence-corrected chi connectivity index (χ2v) is 13.7. The number of phenolic OH excluding ortho intramolecular Hbond substituents is 1. The third-order valence-corrected chi connectivity index (χ3v) is 8.34. The molecule has 0 aliphatic heterocycles. The fourth-order valence-corrected chi connectivity index (χ4v) is 6.06. The minimum absolute atomic E-state index is 0.0137. The van der Waals surface area contributed by atoms with Crippen LogP contribution in [0.15, 0.2) is 35.3 Å². The van der Waals surface area contributed by atoms with Gasteiger partial charge in [-0.2, -0.15) is 0 Å². The fourth-order valence-electron chi connectivity index (χ4n) is 4.39. The van der Waals surface area contributed by atoms with Crippen molar-refractivity contribution >= 4 is 20.1 Å². The van der Waals surface area contributed by atoms with E-state index in [-0.39, 0.29) is 16.0 Å². The van der Waals surface area contributed by atoms with Gasteiger partial charge in [0.15, 0.2) is 0 Å². The van der Waals surface area contributed by atoms with Crippen LogP contribution in [-0.4, -0.2) is 18.4 Å². The van der Waals surface area contributed by atoms with Gasteiger partial charge in [0.05, 0.1) is 0 Å². The van der Waals surface area contributed by atoms with Gasteiger partial charge in [-0.25, -0.2) is 0 Å². The van der Waals surface area contributed by atoms with Gasteiger partial charge in [0, 0.05) is 24.0 Å². The molecule has 182 valence electrons. The van der Waals surface area contributed by atoms with Crippen LogP contribution < -0.4 is 5.30 Å². The van der Waals surface area contributed by atoms with Gasteiger partial charge in [-0.05, 0) is 52.2 Å². The fraction of sp³-hybridized carbons (Fsp3) is 0.567. The van der Waals surface area contributed by atoms with E-state index in [1.165, 1.54) is 34.8 Å². The molecule has 0 spiro atoms. The van der Waals surface area contributed by atoms with Crippen LogP contribution in [0.4, 0.5) is 0 Å². The van der Waals surface area contributed by atoms with Crippen molar-refractivity contribution in [3.05, 3.63) is 58.1 Å². The topological polar surface area (TPSA) is 32.6 Å². The van der Waals surface area contributed by atoms with E-state index >= 15 is 0 Å². The second-order valence-electron chi connectivity index (χ2n) is 11.8. The molecule has 2 unspecified atom stereocenters. The summed E-state index contributed by atoms with van der Waals surface area (Å²) in [7, 11) is 2.38. The predicted molar refractivity (Wildman–Crippen MR) is 150 cm³/mol. The maximum atomic E-state index is 11.7. The number of rotatable bonds is 8. The first-order valence-electron chi connectivity index (χ1n) is 12.4. The number of aliphatic imine (C=N–C) groups is 1. The zero-order chi connectivity index (χ0) is 25.0. The van der Waals surface area contributed by atoms with E-state index < -0.39 is 0 Å². The molecule has 2 nitrogen and oxygen atoms in total. The minimum atomic E-state index is -0.147. The van der Waals surface area contributed by atoms with Crippen LogP contribution in [0.2, 0.25) is 0 Å². The van der Waals surface area contributed by atoms with E-state index in [1.54, 1.807) is 0 Å². The van der Waals surface area contributed by atoms with Crippen molar-refractivity contribution in [3.8, 4) is 5.75 Å². The van der Waals surface area contributed by atoms with Gasteiger partial charge in [0.1, 0.15) is 5.75 Å². The third-order valence-electron chi connectivity index (χ3n) is 6.54. The van der Waals surface area contributed by atoms with Crippen LogP contribution in [-0.2, 0) is 16.0 Å². The zero-order valence-electron chi connectivity index (χ0n) is 22.7. The molecule has 2 aromatic rings. The van der Waals surface area contributed by atoms with E-state index in [2.05, 4.69) is 97.6 Å². The molecule has 0 saturated heterocycles. The quantitative estimate of drug-likeness (QED) is 0.237. The standard InChI is InChI=1S/C30H46NOP/c1-11-12-13-16-30(9,33-26-15-14-21(2)17-22(26)20-31-10)25-19-23(28(3,4)5)18-24(27(25)32)29(6,7)8/h14-15,17-20,32-33H,11-13,16H2,1-10H3/b31-20+. The molecule has 33 heavy (non-hydrogen) atoms. The van der Waals surface area contributed by atoms with Crippen LogP contribution in [0.25, 0.3) is 0 Å². The average Bonchev–Trinajstić information content (AvgIpc) is 2.69. The smallest absolute Gasteiger partial charge is 0.123 e. The molecule has 0 fully saturated rings. The van der Waals surface area contributed by atoms with Gasteiger partial charge < -0.3 is 5.11 Å². The number of benzene rings is 2. The Bertz CT molecular complexity index is 978. The molecule has 0 bridgehead atoms. The Morgan fingerprint density at radius 2 is 1.55 bits per heavy atom. The summed E-state index contributed by atoms with van der Waals surface area (Å²) in [6, 6.07) is 11.2. The number of phenols is 1. The van der Waals surface area contributed by atoms with E-state index in [0.717, 1.165) is 24.0 Å². The van der Waals surface area contributed by atoms with Crippen LogP contribution >= 0.6 is 8.58 Å². The molecular formula is C30H46NOP. The van der Waals surface area contributed by atoms with Crippen molar-refractivity contribution < 1.29 is 5.11 Å². The average molecular weight is 468 g/mol. The van der Waals surface area contributed by atoms with E-state index in [0.29, 0.717) is 14.3 Å². The van der Waals surface area contributed by atoms with Gasteiger partial charge in [0.25, 0.3) is 0 Å². The van der Waals surface area contributed by atoms with Crippen molar-refractivity contribution in [2.45, 2.75) is 104 Å². The summed E-state index contributed by atoms with van der Waals surface area (Å²) in [6.45, 7) is 20.1. The first-order chi connectivity index (χ1) is 15.2. The lowest BCUT2D eigenvalue weighted by atomic mass is 9.77. The summed E-state index contributed by atoms with van der Waals surface area (Å²) < 4.78 is 0. The van der Waals surface area contributed by atoms with Crippen molar-refractivity contribution in [2.75, 3.05) is 7.05 Å². The van der Waals surface area contributed by atoms with Crippen LogP contribution in [0.1, 0.15) is 109 Å². The Labute approximate surface area is 205 Å². The van der Waals surface area contributed by atoms with Gasteiger partial charge >= 0.3 is 0 Å². The maximum Gasteiger partial charge on any atom is 0.123 e. The lowest BCUT2D eigenvalue weighted by molar-refractivity contribution is 0.424. The van der Waals surface area contributed by atoms with Crippen LogP contribution in [0.5, 0.6) is 5.75 Å². The summed E-state index contributed by atoms with van der Waals surface area (Å²) in [4.78, 5) is 4.33. The molecule has 0 saturated carbocycles. The largest absolute Gasteiger partial charge is 0.507 e. The highest BCUT2D eigenvalue weighted by Gasteiger charge is 2.34. The highest BCUT2D eigenvalue weighted by Crippen LogP contribution is 2.51. The maximum absolute atomic E-state index is 11.7. The van der Waals surface area contributed by atoms with Crippen LogP contribution in [0, 0.1) is 6.92 Å². The highest BCUT2D eigenvalue weighted by atomic mass is 31.1. The summed E-state index contributed by atoms with van der Waals surface area (Å²) in [6.07, 6.45) is 6.60. The molecule has 0 aliphatic carbocycles. The van der Waals surface area contributed by atoms with Crippen LogP contribution in [0.3, 0.4) is 0 Å². The molecule has 1 N–H and O–H groups in total. The Morgan fingerprint density at radius 3 is 2.09 bits per heavy atom. The lowest BCUT2D eigenvalue weighted by Crippen LogP contribution is -2.25. The normalized spacial score (nSPS) is 15.0. The molecule has 0 aromatic heterocycles. The van der Waals surface area contributed by atoms with Crippen molar-refractivity contribution in [3.63, 3.8) is 0 Å². The second kappa shape index (κ2) is 10.7. The molecule has 0 heterocycles.